The van der Waals surface area contributed by atoms with Gasteiger partial charge in [-0.05, 0) is 60.4 Å². The van der Waals surface area contributed by atoms with Crippen molar-refractivity contribution in [2.45, 2.75) is 26.7 Å². The zero-order valence-electron chi connectivity index (χ0n) is 17.0. The minimum atomic E-state index is -0.709. The van der Waals surface area contributed by atoms with Gasteiger partial charge in [-0.2, -0.15) is 0 Å². The molecule has 158 valence electrons. The Balaban J connectivity index is 1.90. The summed E-state index contributed by atoms with van der Waals surface area (Å²) in [5.74, 6) is -1.35. The van der Waals surface area contributed by atoms with Crippen LogP contribution in [0.4, 0.5) is 10.1 Å². The topological polar surface area (TPSA) is 68.2 Å². The molecule has 0 spiro atoms. The molecule has 3 aromatic rings. The minimum Gasteiger partial charge on any atom is -0.322 e. The number of aromatic nitrogens is 1. The lowest BCUT2D eigenvalue weighted by Crippen LogP contribution is -2.37. The molecule has 0 saturated heterocycles. The summed E-state index contributed by atoms with van der Waals surface area (Å²) in [6.45, 7) is 3.93. The summed E-state index contributed by atoms with van der Waals surface area (Å²) in [4.78, 5) is 39.3. The van der Waals surface area contributed by atoms with Gasteiger partial charge in [0.25, 0.3) is 11.5 Å². The Morgan fingerprint density at radius 3 is 2.45 bits per heavy atom. The van der Waals surface area contributed by atoms with Crippen LogP contribution < -0.4 is 10.9 Å². The number of rotatable bonds is 3. The predicted octanol–water partition coefficient (Wildman–Crippen LogP) is 5.04. The summed E-state index contributed by atoms with van der Waals surface area (Å²) in [5, 5.41) is 3.04. The fourth-order valence-corrected chi connectivity index (χ4v) is 4.03. The minimum absolute atomic E-state index is 0.131. The fourth-order valence-electron chi connectivity index (χ4n) is 3.90. The summed E-state index contributed by atoms with van der Waals surface area (Å²) in [7, 11) is 0. The van der Waals surface area contributed by atoms with Gasteiger partial charge in [0.15, 0.2) is 5.78 Å². The van der Waals surface area contributed by atoms with Crippen LogP contribution in [0.5, 0.6) is 0 Å². The van der Waals surface area contributed by atoms with Crippen LogP contribution in [-0.2, 0) is 6.42 Å². The Bertz CT molecular complexity index is 1260. The van der Waals surface area contributed by atoms with Crippen molar-refractivity contribution in [3.05, 3.63) is 92.6 Å². The van der Waals surface area contributed by atoms with Crippen LogP contribution in [0.15, 0.2) is 59.4 Å². The van der Waals surface area contributed by atoms with Crippen molar-refractivity contribution in [1.82, 2.24) is 4.57 Å². The molecule has 1 heterocycles. The highest BCUT2D eigenvalue weighted by Gasteiger charge is 2.35. The summed E-state index contributed by atoms with van der Waals surface area (Å²) < 4.78 is 14.9. The summed E-state index contributed by atoms with van der Waals surface area (Å²) >= 11 is 6.00. The Kier molecular flexibility index (Phi) is 5.27. The molecule has 4 rings (SSSR count). The van der Waals surface area contributed by atoms with E-state index in [-0.39, 0.29) is 22.4 Å². The number of carbonyl (C=O) groups excluding carboxylic acids is 2. The number of ketones is 1. The third-order valence-corrected chi connectivity index (χ3v) is 5.55. The number of nitrogens with one attached hydrogen (secondary N) is 1. The van der Waals surface area contributed by atoms with Crippen LogP contribution in [-0.4, -0.2) is 16.3 Å². The van der Waals surface area contributed by atoms with E-state index in [1.54, 1.807) is 24.3 Å². The maximum Gasteiger partial charge on any atom is 0.268 e. The fraction of sp³-hybridized carbons (Fsp3) is 0.208. The highest BCUT2D eigenvalue weighted by molar-refractivity contribution is 6.30. The van der Waals surface area contributed by atoms with Gasteiger partial charge < -0.3 is 5.32 Å². The monoisotopic (exact) mass is 438 g/mol. The molecular formula is C24H20ClFN2O3. The molecule has 1 N–H and O–H groups in total. The Labute approximate surface area is 183 Å². The van der Waals surface area contributed by atoms with Gasteiger partial charge in [-0.25, -0.2) is 4.39 Å². The second-order valence-electron chi connectivity index (χ2n) is 8.44. The van der Waals surface area contributed by atoms with Crippen LogP contribution in [0, 0.1) is 11.2 Å². The molecular weight excluding hydrogens is 419 g/mol. The molecule has 1 aliphatic carbocycles. The van der Waals surface area contributed by atoms with Crippen molar-refractivity contribution >= 4 is 29.0 Å². The van der Waals surface area contributed by atoms with Crippen LogP contribution in [0.25, 0.3) is 5.69 Å². The molecule has 0 radical (unpaired) electrons. The average Bonchev–Trinajstić information content (AvgIpc) is 2.68. The van der Waals surface area contributed by atoms with E-state index in [0.717, 1.165) is 6.07 Å². The summed E-state index contributed by atoms with van der Waals surface area (Å²) in [6, 6.07) is 13.4. The average molecular weight is 439 g/mol. The van der Waals surface area contributed by atoms with Crippen molar-refractivity contribution in [2.75, 3.05) is 5.32 Å². The molecule has 1 amide bonds. The standard InChI is InChI=1S/C24H20ClFN2O3/c1-24(2)12-20-18(21(29)13-24)11-19(22(30)27-16-5-3-4-15(26)10-16)23(31)28(20)17-8-6-14(25)7-9-17/h3-11H,12-13H2,1-2H3,(H,27,30). The van der Waals surface area contributed by atoms with E-state index in [1.165, 1.54) is 28.8 Å². The first-order valence-electron chi connectivity index (χ1n) is 9.80. The van der Waals surface area contributed by atoms with Crippen LogP contribution >= 0.6 is 11.6 Å². The smallest absolute Gasteiger partial charge is 0.268 e. The first-order chi connectivity index (χ1) is 14.6. The van der Waals surface area contributed by atoms with E-state index >= 15 is 0 Å². The number of anilines is 1. The number of fused-ring (bicyclic) bond motifs is 1. The van der Waals surface area contributed by atoms with Gasteiger partial charge in [0.2, 0.25) is 0 Å². The molecule has 5 nitrogen and oxygen atoms in total. The Morgan fingerprint density at radius 2 is 1.77 bits per heavy atom. The summed E-state index contributed by atoms with van der Waals surface area (Å²) in [5.41, 5.74) is 0.570. The first kappa shape index (κ1) is 21.0. The molecule has 0 bridgehead atoms. The molecule has 1 aliphatic rings. The number of amides is 1. The van der Waals surface area contributed by atoms with Crippen LogP contribution in [0.3, 0.4) is 0 Å². The number of carbonyl (C=O) groups is 2. The lowest BCUT2D eigenvalue weighted by atomic mass is 9.75. The van der Waals surface area contributed by atoms with Gasteiger partial charge in [0.05, 0.1) is 0 Å². The quantitative estimate of drug-likeness (QED) is 0.623. The Hall–Kier alpha value is -3.25. The van der Waals surface area contributed by atoms with Crippen molar-refractivity contribution in [3.63, 3.8) is 0 Å². The molecule has 0 saturated carbocycles. The third kappa shape index (κ3) is 4.16. The number of nitrogens with zero attached hydrogens (tertiary/aromatic N) is 1. The van der Waals surface area contributed by atoms with Gasteiger partial charge in [0.1, 0.15) is 11.4 Å². The van der Waals surface area contributed by atoms with Crippen LogP contribution in [0.1, 0.15) is 46.7 Å². The summed E-state index contributed by atoms with van der Waals surface area (Å²) in [6.07, 6.45) is 0.807. The molecule has 0 fully saturated rings. The molecule has 2 aromatic carbocycles. The van der Waals surface area contributed by atoms with E-state index in [4.69, 9.17) is 11.6 Å². The number of Topliss-reactive ketones (excluding diaryl/α,β-unsaturated/α-hetero) is 1. The third-order valence-electron chi connectivity index (χ3n) is 5.30. The molecule has 0 unspecified atom stereocenters. The normalized spacial score (nSPS) is 14.8. The van der Waals surface area contributed by atoms with Crippen molar-refractivity contribution in [2.24, 2.45) is 5.41 Å². The zero-order chi connectivity index (χ0) is 22.3. The zero-order valence-corrected chi connectivity index (χ0v) is 17.8. The molecule has 0 aliphatic heterocycles. The lowest BCUT2D eigenvalue weighted by molar-refractivity contribution is 0.0909. The Morgan fingerprint density at radius 1 is 1.06 bits per heavy atom. The first-order valence-corrected chi connectivity index (χ1v) is 10.2. The number of hydrogen-bond donors (Lipinski definition) is 1. The van der Waals surface area contributed by atoms with Crippen LogP contribution in [0.2, 0.25) is 5.02 Å². The number of hydrogen-bond acceptors (Lipinski definition) is 3. The van der Waals surface area contributed by atoms with E-state index in [9.17, 15) is 18.8 Å². The largest absolute Gasteiger partial charge is 0.322 e. The van der Waals surface area contributed by atoms with Gasteiger partial charge in [-0.15, -0.1) is 0 Å². The maximum atomic E-state index is 13.5. The van der Waals surface area contributed by atoms with E-state index in [2.05, 4.69) is 5.32 Å². The SMILES string of the molecule is CC1(C)CC(=O)c2cc(C(=O)Nc3cccc(F)c3)c(=O)n(-c3ccc(Cl)cc3)c2C1. The highest BCUT2D eigenvalue weighted by atomic mass is 35.5. The van der Waals surface area contributed by atoms with E-state index in [0.29, 0.717) is 34.8 Å². The van der Waals surface area contributed by atoms with Crippen molar-refractivity contribution < 1.29 is 14.0 Å². The molecule has 7 heteroatoms. The van der Waals surface area contributed by atoms with Crippen molar-refractivity contribution in [1.29, 1.82) is 0 Å². The van der Waals surface area contributed by atoms with E-state index in [1.807, 2.05) is 13.8 Å². The molecule has 1 aromatic heterocycles. The van der Waals surface area contributed by atoms with Crippen molar-refractivity contribution in [3.8, 4) is 5.69 Å². The highest BCUT2D eigenvalue weighted by Crippen LogP contribution is 2.35. The number of benzene rings is 2. The predicted molar refractivity (Wildman–Crippen MR) is 118 cm³/mol. The van der Waals surface area contributed by atoms with E-state index < -0.39 is 17.3 Å². The molecule has 0 atom stereocenters. The number of halogens is 2. The van der Waals surface area contributed by atoms with Gasteiger partial charge in [-0.1, -0.05) is 31.5 Å². The lowest BCUT2D eigenvalue weighted by Gasteiger charge is -2.32. The second-order valence-corrected chi connectivity index (χ2v) is 8.88. The maximum absolute atomic E-state index is 13.5. The van der Waals surface area contributed by atoms with Gasteiger partial charge in [-0.3, -0.25) is 19.0 Å². The van der Waals surface area contributed by atoms with Gasteiger partial charge in [0, 0.05) is 34.1 Å². The molecule has 31 heavy (non-hydrogen) atoms. The second kappa shape index (κ2) is 7.78. The number of pyridine rings is 1. The van der Waals surface area contributed by atoms with Gasteiger partial charge >= 0.3 is 0 Å².